The molecule has 0 aromatic heterocycles. The number of halogens is 1. The molecule has 1 aromatic rings. The van der Waals surface area contributed by atoms with Crippen molar-refractivity contribution < 1.29 is 34.8 Å². The molecule has 3 aliphatic rings. The number of nitrogens with zero attached hydrogens (tertiary/aromatic N) is 2. The number of primary amides is 1. The quantitative estimate of drug-likeness (QED) is 0.181. The SMILES string of the molecule is CCN(CC)c1c(Cl)c(N)c(O)c2c1CC1CC3C(N(C)C)C(=O)C(C(N)=O)=C(O)C3(O)C(=O)C1=C2O. The summed E-state index contributed by atoms with van der Waals surface area (Å²) in [7, 11) is 3.10. The van der Waals surface area contributed by atoms with Crippen LogP contribution in [0, 0.1) is 11.8 Å². The average molecular weight is 535 g/mol. The number of anilines is 2. The van der Waals surface area contributed by atoms with Crippen LogP contribution in [0.25, 0.3) is 5.76 Å². The zero-order valence-electron chi connectivity index (χ0n) is 21.0. The Morgan fingerprint density at radius 3 is 2.27 bits per heavy atom. The number of benzene rings is 1. The molecule has 4 unspecified atom stereocenters. The first kappa shape index (κ1) is 26.8. The van der Waals surface area contributed by atoms with Gasteiger partial charge in [-0.1, -0.05) is 11.6 Å². The van der Waals surface area contributed by atoms with Crippen molar-refractivity contribution >= 4 is 46.2 Å². The maximum atomic E-state index is 13.9. The minimum Gasteiger partial charge on any atom is -0.508 e. The number of aliphatic hydroxyl groups is 3. The summed E-state index contributed by atoms with van der Waals surface area (Å²) < 4.78 is 0. The van der Waals surface area contributed by atoms with E-state index in [0.717, 1.165) is 0 Å². The first-order valence-electron chi connectivity index (χ1n) is 12.0. The number of nitrogens with two attached hydrogens (primary N) is 2. The topological polar surface area (TPSA) is 191 Å². The smallest absolute Gasteiger partial charge is 0.255 e. The van der Waals surface area contributed by atoms with Crippen LogP contribution in [0.1, 0.15) is 31.4 Å². The molecule has 0 bridgehead atoms. The summed E-state index contributed by atoms with van der Waals surface area (Å²) >= 11 is 6.56. The first-order chi connectivity index (χ1) is 17.2. The summed E-state index contributed by atoms with van der Waals surface area (Å²) in [5, 5.41) is 44.9. The molecule has 1 fully saturated rings. The van der Waals surface area contributed by atoms with Crippen molar-refractivity contribution in [2.24, 2.45) is 17.6 Å². The maximum Gasteiger partial charge on any atom is 0.255 e. The number of ketones is 2. The van der Waals surface area contributed by atoms with Gasteiger partial charge >= 0.3 is 0 Å². The van der Waals surface area contributed by atoms with Crippen LogP contribution in [0.3, 0.4) is 0 Å². The Morgan fingerprint density at radius 2 is 1.76 bits per heavy atom. The number of fused-ring (bicyclic) bond motifs is 3. The van der Waals surface area contributed by atoms with Crippen LogP contribution in [0.2, 0.25) is 5.02 Å². The maximum absolute atomic E-state index is 13.9. The number of likely N-dealkylation sites (N-methyl/N-ethyl adjacent to an activating group) is 1. The highest BCUT2D eigenvalue weighted by atomic mass is 35.5. The number of hydrogen-bond acceptors (Lipinski definition) is 10. The van der Waals surface area contributed by atoms with E-state index in [1.807, 2.05) is 18.7 Å². The Kier molecular flexibility index (Phi) is 6.46. The molecular formula is C25H31ClN4O7. The number of hydrogen-bond donors (Lipinski definition) is 6. The third-order valence-electron chi connectivity index (χ3n) is 7.92. The predicted molar refractivity (Wildman–Crippen MR) is 137 cm³/mol. The lowest BCUT2D eigenvalue weighted by atomic mass is 9.57. The summed E-state index contributed by atoms with van der Waals surface area (Å²) in [5.74, 6) is -7.26. The molecule has 1 aromatic carbocycles. The highest BCUT2D eigenvalue weighted by Crippen LogP contribution is 2.56. The second-order valence-corrected chi connectivity index (χ2v) is 10.3. The van der Waals surface area contributed by atoms with Crippen LogP contribution in [0.5, 0.6) is 5.75 Å². The molecule has 4 atom stereocenters. The lowest BCUT2D eigenvalue weighted by Crippen LogP contribution is -2.65. The lowest BCUT2D eigenvalue weighted by molar-refractivity contribution is -0.153. The first-order valence-corrected chi connectivity index (χ1v) is 12.4. The third kappa shape index (κ3) is 3.44. The summed E-state index contributed by atoms with van der Waals surface area (Å²) in [4.78, 5) is 42.5. The number of phenolic OH excluding ortho intramolecular Hbond substituents is 1. The minimum atomic E-state index is -2.69. The zero-order valence-corrected chi connectivity index (χ0v) is 21.8. The summed E-state index contributed by atoms with van der Waals surface area (Å²) in [5.41, 5.74) is 8.35. The normalized spacial score (nSPS) is 27.3. The minimum absolute atomic E-state index is 0.00773. The van der Waals surface area contributed by atoms with Gasteiger partial charge in [0, 0.05) is 24.6 Å². The Labute approximate surface area is 218 Å². The molecule has 37 heavy (non-hydrogen) atoms. The largest absolute Gasteiger partial charge is 0.508 e. The predicted octanol–water partition coefficient (Wildman–Crippen LogP) is 1.05. The van der Waals surface area contributed by atoms with Gasteiger partial charge in [-0.25, -0.2) is 0 Å². The number of aromatic hydroxyl groups is 1. The monoisotopic (exact) mass is 534 g/mol. The molecule has 0 heterocycles. The average Bonchev–Trinajstić information content (AvgIpc) is 2.82. The van der Waals surface area contributed by atoms with Gasteiger partial charge in [0.25, 0.3) is 5.91 Å². The molecule has 200 valence electrons. The van der Waals surface area contributed by atoms with Gasteiger partial charge in [-0.3, -0.25) is 19.3 Å². The van der Waals surface area contributed by atoms with Crippen molar-refractivity contribution in [3.05, 3.63) is 33.1 Å². The Bertz CT molecular complexity index is 1300. The number of aliphatic hydroxyl groups excluding tert-OH is 2. The third-order valence-corrected chi connectivity index (χ3v) is 8.30. The molecule has 0 radical (unpaired) electrons. The van der Waals surface area contributed by atoms with Crippen molar-refractivity contribution in [1.82, 2.24) is 4.90 Å². The van der Waals surface area contributed by atoms with Gasteiger partial charge in [-0.15, -0.1) is 0 Å². The second kappa shape index (κ2) is 8.93. The van der Waals surface area contributed by atoms with E-state index >= 15 is 0 Å². The van der Waals surface area contributed by atoms with Crippen molar-refractivity contribution in [2.75, 3.05) is 37.8 Å². The molecule has 8 N–H and O–H groups in total. The second-order valence-electron chi connectivity index (χ2n) is 9.91. The fourth-order valence-corrected chi connectivity index (χ4v) is 6.54. The van der Waals surface area contributed by atoms with Crippen LogP contribution >= 0.6 is 11.6 Å². The standard InChI is InChI=1S/C25H31ClN4O7/c1-5-30(6-2)17-10-7-9-8-11-18(29(3)4)21(33)14(24(28)36)23(35)25(11,37)22(34)12(9)19(31)13(10)20(32)16(27)15(17)26/h9,11,18,31-32,35,37H,5-8,27H2,1-4H3,(H2,28,36). The molecule has 12 heteroatoms. The highest BCUT2D eigenvalue weighted by Gasteiger charge is 2.64. The molecule has 3 aliphatic carbocycles. The number of carbonyl (C=O) groups excluding carboxylic acids is 3. The molecular weight excluding hydrogens is 504 g/mol. The lowest BCUT2D eigenvalue weighted by Gasteiger charge is -2.50. The number of amides is 1. The van der Waals surface area contributed by atoms with Crippen molar-refractivity contribution in [1.29, 1.82) is 0 Å². The molecule has 0 spiro atoms. The van der Waals surface area contributed by atoms with E-state index in [4.69, 9.17) is 23.1 Å². The van der Waals surface area contributed by atoms with Gasteiger partial charge in [0.15, 0.2) is 17.1 Å². The van der Waals surface area contributed by atoms with E-state index in [1.165, 1.54) is 4.90 Å². The Morgan fingerprint density at radius 1 is 1.16 bits per heavy atom. The van der Waals surface area contributed by atoms with E-state index in [0.29, 0.717) is 24.3 Å². The zero-order chi connectivity index (χ0) is 27.7. The van der Waals surface area contributed by atoms with E-state index in [2.05, 4.69) is 0 Å². The summed E-state index contributed by atoms with van der Waals surface area (Å²) in [6.45, 7) is 4.90. The Balaban J connectivity index is 2.03. The van der Waals surface area contributed by atoms with Gasteiger partial charge in [-0.05, 0) is 52.3 Å². The number of carbonyl (C=O) groups is 3. The number of phenols is 1. The van der Waals surface area contributed by atoms with E-state index < -0.39 is 63.8 Å². The molecule has 0 aliphatic heterocycles. The molecule has 0 saturated heterocycles. The van der Waals surface area contributed by atoms with Gasteiger partial charge < -0.3 is 36.8 Å². The van der Waals surface area contributed by atoms with Gasteiger partial charge in [-0.2, -0.15) is 0 Å². The highest BCUT2D eigenvalue weighted by molar-refractivity contribution is 6.36. The number of rotatable bonds is 5. The van der Waals surface area contributed by atoms with Crippen LogP contribution < -0.4 is 16.4 Å². The molecule has 1 saturated carbocycles. The van der Waals surface area contributed by atoms with Gasteiger partial charge in [0.1, 0.15) is 17.1 Å². The van der Waals surface area contributed by atoms with E-state index in [-0.39, 0.29) is 34.7 Å². The van der Waals surface area contributed by atoms with Crippen LogP contribution in [0.15, 0.2) is 16.9 Å². The van der Waals surface area contributed by atoms with Crippen molar-refractivity contribution in [3.63, 3.8) is 0 Å². The number of Topliss-reactive ketones (excluding diaryl/α,β-unsaturated/α-hetero) is 2. The van der Waals surface area contributed by atoms with Gasteiger partial charge in [0.05, 0.1) is 28.0 Å². The van der Waals surface area contributed by atoms with Crippen LogP contribution in [0.4, 0.5) is 11.4 Å². The summed E-state index contributed by atoms with van der Waals surface area (Å²) in [6, 6.07) is -1.15. The van der Waals surface area contributed by atoms with Gasteiger partial charge in [0.2, 0.25) is 5.78 Å². The van der Waals surface area contributed by atoms with Crippen LogP contribution in [-0.2, 0) is 20.8 Å². The molecule has 11 nitrogen and oxygen atoms in total. The number of nitrogen functional groups attached to an aromatic ring is 1. The fraction of sp³-hybridized carbons (Fsp3) is 0.480. The molecule has 1 amide bonds. The van der Waals surface area contributed by atoms with Crippen molar-refractivity contribution in [2.45, 2.75) is 38.3 Å². The van der Waals surface area contributed by atoms with Crippen LogP contribution in [-0.4, -0.2) is 81.6 Å². The van der Waals surface area contributed by atoms with E-state index in [9.17, 15) is 34.8 Å². The molecule has 4 rings (SSSR count). The summed E-state index contributed by atoms with van der Waals surface area (Å²) in [6.07, 6.45) is 0.125. The Hall–Kier alpha value is -3.28. The fourth-order valence-electron chi connectivity index (χ4n) is 6.22. The van der Waals surface area contributed by atoms with Crippen molar-refractivity contribution in [3.8, 4) is 5.75 Å². The van der Waals surface area contributed by atoms with E-state index in [1.54, 1.807) is 14.1 Å².